The second-order valence-corrected chi connectivity index (χ2v) is 9.98. The van der Waals surface area contributed by atoms with Gasteiger partial charge in [0.25, 0.3) is 5.96 Å². The molecule has 35 heavy (non-hydrogen) atoms. The van der Waals surface area contributed by atoms with E-state index in [1.54, 1.807) is 18.1 Å². The van der Waals surface area contributed by atoms with Gasteiger partial charge in [0.05, 0.1) is 18.8 Å². The largest absolute Gasteiger partial charge is 0.387 e. The highest BCUT2D eigenvalue weighted by Gasteiger charge is 2.40. The second-order valence-electron chi connectivity index (χ2n) is 9.55. The molecule has 194 valence electrons. The Bertz CT molecular complexity index is 926. The molecule has 12 heteroatoms. The number of guanidine groups is 1. The Morgan fingerprint density at radius 1 is 1.37 bits per heavy atom. The number of hydrogen-bond donors (Lipinski definition) is 3. The predicted molar refractivity (Wildman–Crippen MR) is 135 cm³/mol. The molecular weight excluding hydrogens is 474 g/mol. The maximum absolute atomic E-state index is 11.1. The van der Waals surface area contributed by atoms with Crippen LogP contribution in [0.2, 0.25) is 5.02 Å². The van der Waals surface area contributed by atoms with Crippen molar-refractivity contribution in [2.45, 2.75) is 52.2 Å². The van der Waals surface area contributed by atoms with Crippen LogP contribution in [-0.2, 0) is 17.7 Å². The van der Waals surface area contributed by atoms with Gasteiger partial charge >= 0.3 is 0 Å². The molecule has 0 amide bonds. The van der Waals surface area contributed by atoms with Crippen LogP contribution in [0.4, 0.5) is 0 Å². The molecule has 0 spiro atoms. The molecule has 2 aromatic rings. The number of hydrogen-bond acceptors (Lipinski definition) is 6. The van der Waals surface area contributed by atoms with Crippen LogP contribution in [0.15, 0.2) is 42.0 Å². The Morgan fingerprint density at radius 2 is 2.09 bits per heavy atom. The molecule has 1 saturated heterocycles. The number of ether oxygens (including phenoxy) is 1. The van der Waals surface area contributed by atoms with Crippen LogP contribution >= 0.6 is 11.6 Å². The molecule has 1 aromatic heterocycles. The molecule has 1 aromatic carbocycles. The van der Waals surface area contributed by atoms with E-state index in [2.05, 4.69) is 25.8 Å². The number of nitrogens with zero attached hydrogens (tertiary/aromatic N) is 5. The van der Waals surface area contributed by atoms with E-state index in [9.17, 15) is 15.2 Å². The summed E-state index contributed by atoms with van der Waals surface area (Å²) in [4.78, 5) is 14.0. The van der Waals surface area contributed by atoms with E-state index in [1.165, 1.54) is 11.9 Å². The van der Waals surface area contributed by atoms with Gasteiger partial charge in [-0.3, -0.25) is 4.68 Å². The minimum absolute atomic E-state index is 0.182. The van der Waals surface area contributed by atoms with E-state index in [0.717, 1.165) is 24.5 Å². The monoisotopic (exact) mass is 509 g/mol. The summed E-state index contributed by atoms with van der Waals surface area (Å²) in [6, 6.07) is 7.76. The van der Waals surface area contributed by atoms with Crippen molar-refractivity contribution in [3.63, 3.8) is 0 Å². The van der Waals surface area contributed by atoms with Crippen LogP contribution in [0.1, 0.15) is 39.2 Å². The van der Waals surface area contributed by atoms with Crippen molar-refractivity contribution in [3.05, 3.63) is 57.6 Å². The first-order valence-corrected chi connectivity index (χ1v) is 11.9. The van der Waals surface area contributed by atoms with Crippen molar-refractivity contribution < 1.29 is 14.9 Å². The molecule has 2 unspecified atom stereocenters. The highest BCUT2D eigenvalue weighted by atomic mass is 35.5. The first-order valence-electron chi connectivity index (χ1n) is 11.5. The standard InChI is InChI=1S/C16H22ClN3O.C7H14N4O3/c1-15(2,3)16(21,10-20-12-18-11-19-20)9-8-13-4-6-14(17)7-5-13;1-8-7(10-11(12)13)9-4-6-2-3-14-5-6/h4-7,11-12,21H,8-10H2,1-3H3;6H,2-5H2,1H3,(H2,8,9,10). The van der Waals surface area contributed by atoms with Gasteiger partial charge in [-0.15, -0.1) is 0 Å². The maximum Gasteiger partial charge on any atom is 0.268 e. The van der Waals surface area contributed by atoms with Crippen molar-refractivity contribution in [3.8, 4) is 0 Å². The fraction of sp³-hybridized carbons (Fsp3) is 0.609. The number of halogens is 1. The quantitative estimate of drug-likeness (QED) is 0.213. The Hall–Kier alpha value is -2.76. The average Bonchev–Trinajstić information content (AvgIpc) is 3.50. The Morgan fingerprint density at radius 3 is 2.60 bits per heavy atom. The molecule has 3 rings (SSSR count). The summed E-state index contributed by atoms with van der Waals surface area (Å²) in [5, 5.41) is 33.9. The molecule has 0 saturated carbocycles. The lowest BCUT2D eigenvalue weighted by Crippen LogP contribution is -2.47. The minimum atomic E-state index is -0.861. The third kappa shape index (κ3) is 9.79. The Labute approximate surface area is 211 Å². The molecule has 0 radical (unpaired) electrons. The summed E-state index contributed by atoms with van der Waals surface area (Å²) in [5.41, 5.74) is 0.0479. The van der Waals surface area contributed by atoms with Crippen molar-refractivity contribution in [2.75, 3.05) is 26.8 Å². The van der Waals surface area contributed by atoms with Crippen molar-refractivity contribution >= 4 is 17.6 Å². The number of rotatable bonds is 8. The summed E-state index contributed by atoms with van der Waals surface area (Å²) in [6.07, 6.45) is 5.56. The zero-order valence-corrected chi connectivity index (χ0v) is 21.5. The number of hydrazone groups is 1. The molecule has 2 atom stereocenters. The molecule has 3 N–H and O–H groups in total. The Kier molecular flexibility index (Phi) is 10.9. The average molecular weight is 510 g/mol. The van der Waals surface area contributed by atoms with Gasteiger partial charge in [-0.05, 0) is 42.4 Å². The van der Waals surface area contributed by atoms with Crippen LogP contribution in [0, 0.1) is 21.4 Å². The van der Waals surface area contributed by atoms with Crippen molar-refractivity contribution in [2.24, 2.45) is 16.4 Å². The van der Waals surface area contributed by atoms with E-state index in [4.69, 9.17) is 16.3 Å². The van der Waals surface area contributed by atoms with E-state index in [0.29, 0.717) is 32.0 Å². The number of aliphatic hydroxyl groups is 1. The Balaban J connectivity index is 0.000000269. The van der Waals surface area contributed by atoms with Crippen LogP contribution in [0.5, 0.6) is 0 Å². The number of nitrogens with one attached hydrogen (secondary N) is 2. The third-order valence-electron chi connectivity index (χ3n) is 6.03. The van der Waals surface area contributed by atoms with Crippen LogP contribution in [0.25, 0.3) is 0 Å². The lowest BCUT2D eigenvalue weighted by molar-refractivity contribution is -0.485. The highest BCUT2D eigenvalue weighted by Crippen LogP contribution is 2.35. The topological polar surface area (TPSA) is 140 Å². The summed E-state index contributed by atoms with van der Waals surface area (Å²) < 4.78 is 6.86. The van der Waals surface area contributed by atoms with Crippen LogP contribution in [0.3, 0.4) is 0 Å². The maximum atomic E-state index is 11.1. The van der Waals surface area contributed by atoms with Crippen molar-refractivity contribution in [1.29, 1.82) is 0 Å². The molecule has 0 aliphatic carbocycles. The minimum Gasteiger partial charge on any atom is -0.387 e. The highest BCUT2D eigenvalue weighted by molar-refractivity contribution is 6.30. The SMILES string of the molecule is CC(C)(C)C(O)(CCc1ccc(Cl)cc1)Cn1cncn1.CN/C(=N/[N+](=O)[O-])NCC1CCOC1. The zero-order chi connectivity index (χ0) is 25.9. The van der Waals surface area contributed by atoms with Gasteiger partial charge in [-0.25, -0.2) is 15.1 Å². The molecule has 0 bridgehead atoms. The van der Waals surface area contributed by atoms with E-state index in [-0.39, 0.29) is 11.4 Å². The van der Waals surface area contributed by atoms with Gasteiger partial charge < -0.3 is 20.5 Å². The summed E-state index contributed by atoms with van der Waals surface area (Å²) >= 11 is 5.90. The van der Waals surface area contributed by atoms with Gasteiger partial charge in [0.15, 0.2) is 5.03 Å². The van der Waals surface area contributed by atoms with Gasteiger partial charge in [0.2, 0.25) is 0 Å². The predicted octanol–water partition coefficient (Wildman–Crippen LogP) is 2.72. The first-order chi connectivity index (χ1) is 16.5. The third-order valence-corrected chi connectivity index (χ3v) is 6.28. The molecule has 2 heterocycles. The smallest absolute Gasteiger partial charge is 0.268 e. The number of nitro groups is 1. The van der Waals surface area contributed by atoms with Crippen molar-refractivity contribution in [1.82, 2.24) is 25.4 Å². The molecular formula is C23H36ClN7O4. The van der Waals surface area contributed by atoms with E-state index >= 15 is 0 Å². The molecule has 11 nitrogen and oxygen atoms in total. The molecule has 1 aliphatic heterocycles. The number of aryl methyl sites for hydroxylation is 1. The van der Waals surface area contributed by atoms with Gasteiger partial charge in [0, 0.05) is 31.1 Å². The number of aromatic nitrogens is 3. The molecule has 1 fully saturated rings. The lowest BCUT2D eigenvalue weighted by Gasteiger charge is -2.40. The van der Waals surface area contributed by atoms with Crippen LogP contribution in [-0.4, -0.2) is 63.3 Å². The molecule has 1 aliphatic rings. The summed E-state index contributed by atoms with van der Waals surface area (Å²) in [6.45, 7) is 8.71. The van der Waals surface area contributed by atoms with E-state index < -0.39 is 10.6 Å². The van der Waals surface area contributed by atoms with Gasteiger partial charge in [-0.2, -0.15) is 5.10 Å². The summed E-state index contributed by atoms with van der Waals surface area (Å²) in [7, 11) is 1.58. The zero-order valence-electron chi connectivity index (χ0n) is 20.8. The van der Waals surface area contributed by atoms with Gasteiger partial charge in [-0.1, -0.05) is 44.5 Å². The normalized spacial score (nSPS) is 17.8. The first kappa shape index (κ1) is 28.5. The fourth-order valence-electron chi connectivity index (χ4n) is 3.52. The summed E-state index contributed by atoms with van der Waals surface area (Å²) in [5.74, 6) is 0.599. The van der Waals surface area contributed by atoms with E-state index in [1.807, 2.05) is 45.0 Å². The lowest BCUT2D eigenvalue weighted by atomic mass is 9.73. The number of benzene rings is 1. The second kappa shape index (κ2) is 13.4. The van der Waals surface area contributed by atoms with Gasteiger partial charge in [0.1, 0.15) is 17.8 Å². The van der Waals surface area contributed by atoms with Crippen LogP contribution < -0.4 is 10.6 Å². The fourth-order valence-corrected chi connectivity index (χ4v) is 3.64.